The zero-order chi connectivity index (χ0) is 16.9. The molecule has 1 aliphatic rings. The molecule has 1 fully saturated rings. The van der Waals surface area contributed by atoms with Crippen LogP contribution in [-0.4, -0.2) is 22.4 Å². The highest BCUT2D eigenvalue weighted by Crippen LogP contribution is 2.29. The van der Waals surface area contributed by atoms with Crippen molar-refractivity contribution in [3.63, 3.8) is 0 Å². The van der Waals surface area contributed by atoms with Gasteiger partial charge in [0.2, 0.25) is 11.9 Å². The van der Waals surface area contributed by atoms with E-state index < -0.39 is 0 Å². The molecule has 3 rings (SSSR count). The minimum Gasteiger partial charge on any atom is -0.353 e. The van der Waals surface area contributed by atoms with Crippen molar-refractivity contribution in [3.05, 3.63) is 53.6 Å². The predicted molar refractivity (Wildman–Crippen MR) is 85.2 cm³/mol. The highest BCUT2D eigenvalue weighted by molar-refractivity contribution is 5.80. The van der Waals surface area contributed by atoms with Crippen LogP contribution in [0.2, 0.25) is 0 Å². The fourth-order valence-electron chi connectivity index (χ4n) is 2.26. The Morgan fingerprint density at radius 2 is 1.96 bits per heavy atom. The first-order chi connectivity index (χ1) is 11.7. The van der Waals surface area contributed by atoms with Crippen LogP contribution in [0.4, 0.5) is 10.3 Å². The number of carbonyl (C=O) groups is 1. The Balaban J connectivity index is 1.73. The first kappa shape index (κ1) is 15.9. The molecule has 1 aromatic carbocycles. The second-order valence-electron chi connectivity index (χ2n) is 5.68. The first-order valence-electron chi connectivity index (χ1n) is 7.67. The molecule has 6 nitrogen and oxygen atoms in total. The van der Waals surface area contributed by atoms with Gasteiger partial charge in [-0.1, -0.05) is 12.1 Å². The van der Waals surface area contributed by atoms with Crippen molar-refractivity contribution in [2.24, 2.45) is 5.92 Å². The molecule has 1 atom stereocenters. The largest absolute Gasteiger partial charge is 0.353 e. The normalized spacial score (nSPS) is 14.5. The topological polar surface area (TPSA) is 90.7 Å². The van der Waals surface area contributed by atoms with E-state index >= 15 is 0 Å². The van der Waals surface area contributed by atoms with Crippen LogP contribution in [0.15, 0.2) is 36.7 Å². The van der Waals surface area contributed by atoms with E-state index in [1.165, 1.54) is 24.5 Å². The summed E-state index contributed by atoms with van der Waals surface area (Å²) in [6.07, 6.45) is 4.69. The Hall–Kier alpha value is -3.01. The molecular formula is C17H16FN5O. The van der Waals surface area contributed by atoms with Gasteiger partial charge < -0.3 is 10.6 Å². The van der Waals surface area contributed by atoms with Crippen molar-refractivity contribution in [1.82, 2.24) is 15.3 Å². The number of carbonyl (C=O) groups excluding carboxylic acids is 1. The number of hydrogen-bond donors (Lipinski definition) is 2. The van der Waals surface area contributed by atoms with Crippen molar-refractivity contribution in [1.29, 1.82) is 5.26 Å². The summed E-state index contributed by atoms with van der Waals surface area (Å²) in [7, 11) is 0. The van der Waals surface area contributed by atoms with Crippen LogP contribution >= 0.6 is 0 Å². The number of benzene rings is 1. The van der Waals surface area contributed by atoms with Gasteiger partial charge in [-0.2, -0.15) is 5.26 Å². The monoisotopic (exact) mass is 325 g/mol. The number of nitriles is 1. The summed E-state index contributed by atoms with van der Waals surface area (Å²) in [5.41, 5.74) is 1.17. The second-order valence-corrected chi connectivity index (χ2v) is 5.68. The fourth-order valence-corrected chi connectivity index (χ4v) is 2.26. The number of hydrogen-bond acceptors (Lipinski definition) is 5. The number of nitrogens with zero attached hydrogens (tertiary/aromatic N) is 3. The van der Waals surface area contributed by atoms with Gasteiger partial charge in [0.1, 0.15) is 11.9 Å². The number of nitrogens with one attached hydrogen (secondary N) is 2. The molecule has 0 radical (unpaired) electrons. The SMILES string of the molecule is N#Cc1cnc(NC(CNC(=O)C2CC2)c2ccc(F)cc2)nc1. The Labute approximate surface area is 138 Å². The summed E-state index contributed by atoms with van der Waals surface area (Å²) < 4.78 is 13.1. The van der Waals surface area contributed by atoms with Crippen LogP contribution in [0.25, 0.3) is 0 Å². The van der Waals surface area contributed by atoms with Gasteiger partial charge in [-0.3, -0.25) is 4.79 Å². The number of rotatable bonds is 6. The third-order valence-electron chi connectivity index (χ3n) is 3.79. The lowest BCUT2D eigenvalue weighted by Gasteiger charge is -2.20. The molecule has 0 aliphatic heterocycles. The third-order valence-corrected chi connectivity index (χ3v) is 3.79. The Morgan fingerprint density at radius 3 is 2.54 bits per heavy atom. The van der Waals surface area contributed by atoms with Gasteiger partial charge in [0.05, 0.1) is 24.0 Å². The van der Waals surface area contributed by atoms with Crippen LogP contribution in [-0.2, 0) is 4.79 Å². The molecule has 2 N–H and O–H groups in total. The number of anilines is 1. The van der Waals surface area contributed by atoms with Gasteiger partial charge >= 0.3 is 0 Å². The molecule has 24 heavy (non-hydrogen) atoms. The van der Waals surface area contributed by atoms with Gasteiger partial charge in [-0.25, -0.2) is 14.4 Å². The molecule has 2 aromatic rings. The average Bonchev–Trinajstić information content (AvgIpc) is 3.45. The van der Waals surface area contributed by atoms with Crippen LogP contribution in [0.5, 0.6) is 0 Å². The lowest BCUT2D eigenvalue weighted by atomic mass is 10.1. The zero-order valence-electron chi connectivity index (χ0n) is 12.9. The van der Waals surface area contributed by atoms with Gasteiger partial charge in [-0.05, 0) is 30.5 Å². The van der Waals surface area contributed by atoms with Gasteiger partial charge in [0.15, 0.2) is 0 Å². The van der Waals surface area contributed by atoms with Gasteiger partial charge in [-0.15, -0.1) is 0 Å². The highest BCUT2D eigenvalue weighted by atomic mass is 19.1. The number of aromatic nitrogens is 2. The molecule has 1 unspecified atom stereocenters. The van der Waals surface area contributed by atoms with Gasteiger partial charge in [0.25, 0.3) is 0 Å². The van der Waals surface area contributed by atoms with E-state index in [-0.39, 0.29) is 23.7 Å². The fraction of sp³-hybridized carbons (Fsp3) is 0.294. The molecule has 1 aromatic heterocycles. The molecular weight excluding hydrogens is 309 g/mol. The molecule has 122 valence electrons. The molecule has 1 saturated carbocycles. The molecule has 0 saturated heterocycles. The summed E-state index contributed by atoms with van der Waals surface area (Å²) in [5, 5.41) is 14.8. The average molecular weight is 325 g/mol. The lowest BCUT2D eigenvalue weighted by Crippen LogP contribution is -2.32. The Kier molecular flexibility index (Phi) is 4.66. The maximum absolute atomic E-state index is 13.1. The lowest BCUT2D eigenvalue weighted by molar-refractivity contribution is -0.122. The Bertz CT molecular complexity index is 750. The minimum absolute atomic E-state index is 0.0321. The maximum Gasteiger partial charge on any atom is 0.223 e. The van der Waals surface area contributed by atoms with Gasteiger partial charge in [0, 0.05) is 12.5 Å². The van der Waals surface area contributed by atoms with Crippen LogP contribution in [0.3, 0.4) is 0 Å². The quantitative estimate of drug-likeness (QED) is 0.849. The smallest absolute Gasteiger partial charge is 0.223 e. The first-order valence-corrected chi connectivity index (χ1v) is 7.67. The summed E-state index contributed by atoms with van der Waals surface area (Å²) in [5.74, 6) is 0.160. The van der Waals surface area contributed by atoms with E-state index in [1.807, 2.05) is 6.07 Å². The van der Waals surface area contributed by atoms with Crippen molar-refractivity contribution in [2.45, 2.75) is 18.9 Å². The predicted octanol–water partition coefficient (Wildman–Crippen LogP) is 2.17. The third kappa shape index (κ3) is 4.04. The number of halogens is 1. The van der Waals surface area contributed by atoms with Crippen LogP contribution in [0.1, 0.15) is 30.0 Å². The summed E-state index contributed by atoms with van der Waals surface area (Å²) >= 11 is 0. The summed E-state index contributed by atoms with van der Waals surface area (Å²) in [6, 6.07) is 7.69. The van der Waals surface area contributed by atoms with E-state index in [0.717, 1.165) is 18.4 Å². The molecule has 1 heterocycles. The molecule has 7 heteroatoms. The minimum atomic E-state index is -0.325. The zero-order valence-corrected chi connectivity index (χ0v) is 12.9. The van der Waals surface area contributed by atoms with E-state index in [0.29, 0.717) is 18.1 Å². The second kappa shape index (κ2) is 7.04. The van der Waals surface area contributed by atoms with Crippen molar-refractivity contribution >= 4 is 11.9 Å². The molecule has 1 amide bonds. The standard InChI is InChI=1S/C17H16FN5O/c18-14-5-3-12(4-6-14)15(10-20-16(24)13-1-2-13)23-17-21-8-11(7-19)9-22-17/h3-6,8-9,13,15H,1-2,10H2,(H,20,24)(H,21,22,23). The van der Waals surface area contributed by atoms with Crippen LogP contribution < -0.4 is 10.6 Å². The molecule has 1 aliphatic carbocycles. The maximum atomic E-state index is 13.1. The Morgan fingerprint density at radius 1 is 1.29 bits per heavy atom. The van der Waals surface area contributed by atoms with E-state index in [1.54, 1.807) is 12.1 Å². The molecule has 0 bridgehead atoms. The van der Waals surface area contributed by atoms with Crippen molar-refractivity contribution in [2.75, 3.05) is 11.9 Å². The number of amides is 1. The van der Waals surface area contributed by atoms with Crippen molar-refractivity contribution in [3.8, 4) is 6.07 Å². The van der Waals surface area contributed by atoms with E-state index in [2.05, 4.69) is 20.6 Å². The summed E-state index contributed by atoms with van der Waals surface area (Å²) in [4.78, 5) is 20.0. The van der Waals surface area contributed by atoms with E-state index in [9.17, 15) is 9.18 Å². The summed E-state index contributed by atoms with van der Waals surface area (Å²) in [6.45, 7) is 0.338. The van der Waals surface area contributed by atoms with Crippen molar-refractivity contribution < 1.29 is 9.18 Å². The highest BCUT2D eigenvalue weighted by Gasteiger charge is 2.29. The van der Waals surface area contributed by atoms with Crippen LogP contribution in [0, 0.1) is 23.1 Å². The molecule has 0 spiro atoms. The van der Waals surface area contributed by atoms with E-state index in [4.69, 9.17) is 5.26 Å².